The minimum atomic E-state index is -0.227. The molecular formula is C18H21N3O3. The number of ether oxygens (including phenoxy) is 2. The smallest absolute Gasteiger partial charge is 0.257 e. The Hall–Kier alpha value is -2.63. The van der Waals surface area contributed by atoms with Crippen LogP contribution < -0.4 is 14.8 Å². The fraction of sp³-hybridized carbons (Fsp3) is 0.389. The van der Waals surface area contributed by atoms with Gasteiger partial charge in [-0.1, -0.05) is 0 Å². The van der Waals surface area contributed by atoms with Gasteiger partial charge in [0.25, 0.3) is 5.91 Å². The van der Waals surface area contributed by atoms with Crippen molar-refractivity contribution in [2.45, 2.75) is 38.3 Å². The molecule has 0 atom stereocenters. The average Bonchev–Trinajstić information content (AvgIpc) is 3.13. The number of carbonyl (C=O) groups is 1. The van der Waals surface area contributed by atoms with Gasteiger partial charge in [0.2, 0.25) is 11.8 Å². The first kappa shape index (κ1) is 16.2. The maximum absolute atomic E-state index is 12.3. The zero-order valence-electron chi connectivity index (χ0n) is 13.7. The zero-order chi connectivity index (χ0) is 16.8. The van der Waals surface area contributed by atoms with E-state index in [4.69, 9.17) is 9.47 Å². The first-order chi connectivity index (χ1) is 11.8. The summed E-state index contributed by atoms with van der Waals surface area (Å²) in [6.45, 7) is 0.389. The van der Waals surface area contributed by atoms with Crippen molar-refractivity contribution < 1.29 is 14.3 Å². The van der Waals surface area contributed by atoms with Gasteiger partial charge in [-0.15, -0.1) is 0 Å². The molecule has 24 heavy (non-hydrogen) atoms. The van der Waals surface area contributed by atoms with Crippen molar-refractivity contribution in [3.63, 3.8) is 0 Å². The monoisotopic (exact) mass is 327 g/mol. The van der Waals surface area contributed by atoms with E-state index in [1.54, 1.807) is 24.5 Å². The number of aromatic nitrogens is 2. The molecule has 1 aliphatic carbocycles. The van der Waals surface area contributed by atoms with Crippen molar-refractivity contribution in [3.05, 3.63) is 47.8 Å². The van der Waals surface area contributed by atoms with Crippen LogP contribution in [0.5, 0.6) is 11.8 Å². The highest BCUT2D eigenvalue weighted by Gasteiger charge is 2.17. The standard InChI is InChI=1S/C18H21N3O3/c1-23-18-15(7-4-9-20-18)17(22)21-12-13-8-10-19-16(11-13)24-14-5-2-3-6-14/h4,7-11,14H,2-3,5-6,12H2,1H3,(H,21,22). The largest absolute Gasteiger partial charge is 0.480 e. The predicted molar refractivity (Wildman–Crippen MR) is 89.1 cm³/mol. The lowest BCUT2D eigenvalue weighted by molar-refractivity contribution is 0.0947. The Bertz CT molecular complexity index is 699. The Balaban J connectivity index is 1.60. The van der Waals surface area contributed by atoms with Crippen LogP contribution in [0.4, 0.5) is 0 Å². The molecule has 0 unspecified atom stereocenters. The summed E-state index contributed by atoms with van der Waals surface area (Å²) in [4.78, 5) is 20.6. The average molecular weight is 327 g/mol. The van der Waals surface area contributed by atoms with Crippen LogP contribution >= 0.6 is 0 Å². The molecule has 6 heteroatoms. The molecule has 2 heterocycles. The van der Waals surface area contributed by atoms with E-state index < -0.39 is 0 Å². The van der Waals surface area contributed by atoms with Crippen LogP contribution in [0.15, 0.2) is 36.7 Å². The molecule has 1 saturated carbocycles. The SMILES string of the molecule is COc1ncccc1C(=O)NCc1ccnc(OC2CCCC2)c1. The number of nitrogens with one attached hydrogen (secondary N) is 1. The molecule has 2 aromatic rings. The number of nitrogens with zero attached hydrogens (tertiary/aromatic N) is 2. The summed E-state index contributed by atoms with van der Waals surface area (Å²) in [5, 5.41) is 2.87. The van der Waals surface area contributed by atoms with Crippen LogP contribution in [0.25, 0.3) is 0 Å². The Morgan fingerprint density at radius 1 is 1.25 bits per heavy atom. The van der Waals surface area contributed by atoms with Gasteiger partial charge in [-0.25, -0.2) is 9.97 Å². The molecular weight excluding hydrogens is 306 g/mol. The van der Waals surface area contributed by atoms with Crippen LogP contribution in [-0.4, -0.2) is 29.1 Å². The van der Waals surface area contributed by atoms with Crippen molar-refractivity contribution >= 4 is 5.91 Å². The van der Waals surface area contributed by atoms with Gasteiger partial charge >= 0.3 is 0 Å². The highest BCUT2D eigenvalue weighted by Crippen LogP contribution is 2.23. The van der Waals surface area contributed by atoms with E-state index in [1.807, 2.05) is 12.1 Å². The Morgan fingerprint density at radius 2 is 2.08 bits per heavy atom. The summed E-state index contributed by atoms with van der Waals surface area (Å²) in [5.41, 5.74) is 1.35. The first-order valence-corrected chi connectivity index (χ1v) is 8.15. The molecule has 1 N–H and O–H groups in total. The van der Waals surface area contributed by atoms with Crippen LogP contribution in [-0.2, 0) is 6.54 Å². The molecule has 3 rings (SSSR count). The molecule has 1 amide bonds. The van der Waals surface area contributed by atoms with Crippen molar-refractivity contribution in [1.82, 2.24) is 15.3 Å². The number of amides is 1. The van der Waals surface area contributed by atoms with E-state index in [9.17, 15) is 4.79 Å². The minimum Gasteiger partial charge on any atom is -0.480 e. The molecule has 0 aliphatic heterocycles. The molecule has 1 fully saturated rings. The maximum Gasteiger partial charge on any atom is 0.257 e. The van der Waals surface area contributed by atoms with Crippen LogP contribution in [0, 0.1) is 0 Å². The van der Waals surface area contributed by atoms with Crippen molar-refractivity contribution in [2.24, 2.45) is 0 Å². The number of rotatable bonds is 6. The predicted octanol–water partition coefficient (Wildman–Crippen LogP) is 2.74. The third-order valence-electron chi connectivity index (χ3n) is 4.05. The Kier molecular flexibility index (Phi) is 5.25. The topological polar surface area (TPSA) is 73.3 Å². The lowest BCUT2D eigenvalue weighted by Gasteiger charge is -2.13. The maximum atomic E-state index is 12.3. The van der Waals surface area contributed by atoms with Gasteiger partial charge in [0.05, 0.1) is 7.11 Å². The van der Waals surface area contributed by atoms with Crippen LogP contribution in [0.1, 0.15) is 41.6 Å². The molecule has 0 bridgehead atoms. The van der Waals surface area contributed by atoms with Crippen LogP contribution in [0.2, 0.25) is 0 Å². The van der Waals surface area contributed by atoms with E-state index in [1.165, 1.54) is 20.0 Å². The fourth-order valence-electron chi connectivity index (χ4n) is 2.81. The molecule has 0 radical (unpaired) electrons. The van der Waals surface area contributed by atoms with Crippen LogP contribution in [0.3, 0.4) is 0 Å². The second-order valence-electron chi connectivity index (χ2n) is 5.77. The molecule has 6 nitrogen and oxygen atoms in total. The third-order valence-corrected chi connectivity index (χ3v) is 4.05. The number of hydrogen-bond acceptors (Lipinski definition) is 5. The van der Waals surface area contributed by atoms with E-state index in [0.29, 0.717) is 23.9 Å². The second kappa shape index (κ2) is 7.77. The number of hydrogen-bond donors (Lipinski definition) is 1. The van der Waals surface area contributed by atoms with Gasteiger partial charge in [-0.05, 0) is 49.4 Å². The van der Waals surface area contributed by atoms with Gasteiger partial charge in [0.1, 0.15) is 11.7 Å². The highest BCUT2D eigenvalue weighted by molar-refractivity contribution is 5.96. The van der Waals surface area contributed by atoms with Gasteiger partial charge < -0.3 is 14.8 Å². The summed E-state index contributed by atoms with van der Waals surface area (Å²) in [6.07, 6.45) is 8.16. The van der Waals surface area contributed by atoms with E-state index in [2.05, 4.69) is 15.3 Å². The Morgan fingerprint density at radius 3 is 2.88 bits per heavy atom. The van der Waals surface area contributed by atoms with E-state index in [0.717, 1.165) is 18.4 Å². The number of pyridine rings is 2. The van der Waals surface area contributed by atoms with Crippen molar-refractivity contribution in [3.8, 4) is 11.8 Å². The fourth-order valence-corrected chi connectivity index (χ4v) is 2.81. The third kappa shape index (κ3) is 4.01. The first-order valence-electron chi connectivity index (χ1n) is 8.15. The summed E-state index contributed by atoms with van der Waals surface area (Å²) >= 11 is 0. The molecule has 0 aromatic carbocycles. The quantitative estimate of drug-likeness (QED) is 0.883. The van der Waals surface area contributed by atoms with Crippen molar-refractivity contribution in [2.75, 3.05) is 7.11 Å². The minimum absolute atomic E-state index is 0.227. The zero-order valence-corrected chi connectivity index (χ0v) is 13.7. The summed E-state index contributed by atoms with van der Waals surface area (Å²) < 4.78 is 11.0. The van der Waals surface area contributed by atoms with Crippen molar-refractivity contribution in [1.29, 1.82) is 0 Å². The molecule has 1 aliphatic rings. The lowest BCUT2D eigenvalue weighted by Crippen LogP contribution is -2.23. The van der Waals surface area contributed by atoms with E-state index >= 15 is 0 Å². The molecule has 126 valence electrons. The lowest BCUT2D eigenvalue weighted by atomic mass is 10.2. The molecule has 0 saturated heterocycles. The number of methoxy groups -OCH3 is 1. The molecule has 2 aromatic heterocycles. The van der Waals surface area contributed by atoms with Gasteiger partial charge in [0, 0.05) is 25.0 Å². The summed E-state index contributed by atoms with van der Waals surface area (Å²) in [7, 11) is 1.49. The van der Waals surface area contributed by atoms with Gasteiger partial charge in [-0.2, -0.15) is 0 Å². The molecule has 0 spiro atoms. The van der Waals surface area contributed by atoms with Gasteiger partial charge in [0.15, 0.2) is 0 Å². The second-order valence-corrected chi connectivity index (χ2v) is 5.77. The highest BCUT2D eigenvalue weighted by atomic mass is 16.5. The summed E-state index contributed by atoms with van der Waals surface area (Å²) in [6, 6.07) is 7.13. The Labute approximate surface area is 141 Å². The normalized spacial score (nSPS) is 14.4. The van der Waals surface area contributed by atoms with Gasteiger partial charge in [-0.3, -0.25) is 4.79 Å². The summed E-state index contributed by atoms with van der Waals surface area (Å²) in [5.74, 6) is 0.706. The number of carbonyl (C=O) groups excluding carboxylic acids is 1. The van der Waals surface area contributed by atoms with E-state index in [-0.39, 0.29) is 12.0 Å².